The quantitative estimate of drug-likeness (QED) is 0.357. The molecule has 2 amide bonds. The third kappa shape index (κ3) is 5.86. The Balaban J connectivity index is 1.73. The number of methoxy groups -OCH3 is 3. The molecule has 188 valence electrons. The van der Waals surface area contributed by atoms with Gasteiger partial charge in [-0.25, -0.2) is 0 Å². The summed E-state index contributed by atoms with van der Waals surface area (Å²) in [4.78, 5) is 28.0. The fourth-order valence-electron chi connectivity index (χ4n) is 4.17. The predicted molar refractivity (Wildman–Crippen MR) is 131 cm³/mol. The van der Waals surface area contributed by atoms with Crippen LogP contribution in [-0.4, -0.2) is 68.2 Å². The van der Waals surface area contributed by atoms with Gasteiger partial charge in [0.1, 0.15) is 17.5 Å². The maximum absolute atomic E-state index is 13.5. The predicted octanol–water partition coefficient (Wildman–Crippen LogP) is 2.71. The van der Waals surface area contributed by atoms with E-state index >= 15 is 0 Å². The van der Waals surface area contributed by atoms with Gasteiger partial charge in [0.25, 0.3) is 0 Å². The smallest absolute Gasteiger partial charge is 0.243 e. The number of aliphatic hydroxyl groups is 1. The van der Waals surface area contributed by atoms with Crippen molar-refractivity contribution in [3.63, 3.8) is 0 Å². The van der Waals surface area contributed by atoms with Crippen molar-refractivity contribution >= 4 is 29.3 Å². The van der Waals surface area contributed by atoms with Crippen LogP contribution in [0.25, 0.3) is 0 Å². The van der Waals surface area contributed by atoms with E-state index in [0.717, 1.165) is 0 Å². The summed E-state index contributed by atoms with van der Waals surface area (Å²) in [5, 5.41) is 21.1. The molecule has 0 aliphatic carbocycles. The molecular formula is C25H30ClN3O6. The molecule has 0 spiro atoms. The standard InChI is InChI=1S/C25H30ClN3O6/c1-33-17-8-9-22(34-2)18(12-17)19(14-30)25(32)29-10-4-5-21(29)24(31)28-13-16-7-6-15(11-20(16)26)23(27)35-3/h6-9,11-12,19,21,27,30H,4-5,10,13-14H2,1-3H3,(H,28,31)/t19-,21-/m0/s1. The van der Waals surface area contributed by atoms with E-state index in [2.05, 4.69) is 5.32 Å². The molecule has 10 heteroatoms. The number of aliphatic hydroxyl groups excluding tert-OH is 1. The number of nitrogens with zero attached hydrogens (tertiary/aromatic N) is 1. The van der Waals surface area contributed by atoms with Gasteiger partial charge in [-0.05, 0) is 48.7 Å². The lowest BCUT2D eigenvalue weighted by Gasteiger charge is -2.28. The first-order valence-corrected chi connectivity index (χ1v) is 11.5. The number of rotatable bonds is 9. The van der Waals surface area contributed by atoms with Crippen LogP contribution < -0.4 is 14.8 Å². The molecule has 3 N–H and O–H groups in total. The summed E-state index contributed by atoms with van der Waals surface area (Å²) < 4.78 is 15.6. The van der Waals surface area contributed by atoms with Crippen LogP contribution in [0.4, 0.5) is 0 Å². The van der Waals surface area contributed by atoms with E-state index < -0.39 is 18.6 Å². The number of carbonyl (C=O) groups is 2. The second-order valence-corrected chi connectivity index (χ2v) is 8.50. The fourth-order valence-corrected chi connectivity index (χ4v) is 4.42. The molecule has 0 aromatic heterocycles. The number of carbonyl (C=O) groups excluding carboxylic acids is 2. The Hall–Kier alpha value is -3.30. The number of benzene rings is 2. The van der Waals surface area contributed by atoms with Gasteiger partial charge in [0.15, 0.2) is 0 Å². The van der Waals surface area contributed by atoms with Crippen LogP contribution in [0.5, 0.6) is 11.5 Å². The lowest BCUT2D eigenvalue weighted by atomic mass is 9.96. The van der Waals surface area contributed by atoms with Crippen molar-refractivity contribution in [3.8, 4) is 11.5 Å². The Morgan fingerprint density at radius 1 is 1.20 bits per heavy atom. The van der Waals surface area contributed by atoms with Crippen molar-refractivity contribution in [1.29, 1.82) is 5.41 Å². The first-order valence-electron chi connectivity index (χ1n) is 11.2. The van der Waals surface area contributed by atoms with Crippen LogP contribution in [-0.2, 0) is 20.9 Å². The van der Waals surface area contributed by atoms with Crippen molar-refractivity contribution < 1.29 is 28.9 Å². The summed E-state index contributed by atoms with van der Waals surface area (Å²) in [6, 6.07) is 9.42. The molecule has 1 aliphatic heterocycles. The summed E-state index contributed by atoms with van der Waals surface area (Å²) in [6.07, 6.45) is 1.19. The average molecular weight is 504 g/mol. The van der Waals surface area contributed by atoms with Gasteiger partial charge in [0, 0.05) is 29.2 Å². The van der Waals surface area contributed by atoms with E-state index in [0.29, 0.717) is 52.6 Å². The Bertz CT molecular complexity index is 1090. The summed E-state index contributed by atoms with van der Waals surface area (Å²) in [5.41, 5.74) is 1.71. The van der Waals surface area contributed by atoms with Gasteiger partial charge in [0.05, 0.1) is 33.9 Å². The van der Waals surface area contributed by atoms with Crippen LogP contribution in [0.2, 0.25) is 5.02 Å². The van der Waals surface area contributed by atoms with Crippen LogP contribution in [0.3, 0.4) is 0 Å². The summed E-state index contributed by atoms with van der Waals surface area (Å²) in [7, 11) is 4.42. The van der Waals surface area contributed by atoms with Gasteiger partial charge in [-0.2, -0.15) is 0 Å². The van der Waals surface area contributed by atoms with Crippen molar-refractivity contribution in [3.05, 3.63) is 58.1 Å². The lowest BCUT2D eigenvalue weighted by Crippen LogP contribution is -2.47. The zero-order valence-electron chi connectivity index (χ0n) is 20.0. The van der Waals surface area contributed by atoms with Gasteiger partial charge in [0.2, 0.25) is 17.7 Å². The SMILES string of the molecule is COC(=N)c1ccc(CNC(=O)[C@@H]2CCCN2C(=O)[C@@H](CO)c2cc(OC)ccc2OC)c(Cl)c1. The summed E-state index contributed by atoms with van der Waals surface area (Å²) >= 11 is 6.32. The third-order valence-corrected chi connectivity index (χ3v) is 6.46. The minimum absolute atomic E-state index is 0.00583. The van der Waals surface area contributed by atoms with E-state index in [-0.39, 0.29) is 24.3 Å². The second-order valence-electron chi connectivity index (χ2n) is 8.09. The fraction of sp³-hybridized carbons (Fsp3) is 0.400. The highest BCUT2D eigenvalue weighted by molar-refractivity contribution is 6.31. The molecule has 9 nitrogen and oxygen atoms in total. The van der Waals surface area contributed by atoms with Crippen molar-refractivity contribution in [2.45, 2.75) is 31.3 Å². The Morgan fingerprint density at radius 2 is 1.97 bits per heavy atom. The number of hydrogen-bond donors (Lipinski definition) is 3. The molecule has 0 unspecified atom stereocenters. The lowest BCUT2D eigenvalue weighted by molar-refractivity contribution is -0.140. The molecule has 1 heterocycles. The number of amides is 2. The van der Waals surface area contributed by atoms with Gasteiger partial charge >= 0.3 is 0 Å². The van der Waals surface area contributed by atoms with E-state index in [1.165, 1.54) is 26.2 Å². The molecule has 3 rings (SSSR count). The highest BCUT2D eigenvalue weighted by atomic mass is 35.5. The first kappa shape index (κ1) is 26.3. The first-order chi connectivity index (χ1) is 16.8. The number of nitrogens with one attached hydrogen (secondary N) is 2. The molecule has 2 atom stereocenters. The normalized spacial score (nSPS) is 15.9. The topological polar surface area (TPSA) is 121 Å². The molecular weight excluding hydrogens is 474 g/mol. The van der Waals surface area contributed by atoms with Crippen molar-refractivity contribution in [2.75, 3.05) is 34.5 Å². The third-order valence-electron chi connectivity index (χ3n) is 6.10. The van der Waals surface area contributed by atoms with Gasteiger partial charge < -0.3 is 29.5 Å². The number of ether oxygens (including phenoxy) is 3. The van der Waals surface area contributed by atoms with E-state index in [1.807, 2.05) is 0 Å². The monoisotopic (exact) mass is 503 g/mol. The minimum atomic E-state index is -0.897. The molecule has 0 saturated carbocycles. The van der Waals surface area contributed by atoms with E-state index in [9.17, 15) is 14.7 Å². The zero-order chi connectivity index (χ0) is 25.5. The Labute approximate surface area is 209 Å². The number of likely N-dealkylation sites (tertiary alicyclic amines) is 1. The molecule has 2 aromatic carbocycles. The van der Waals surface area contributed by atoms with Gasteiger partial charge in [-0.1, -0.05) is 17.7 Å². The van der Waals surface area contributed by atoms with Gasteiger partial charge in [-0.3, -0.25) is 15.0 Å². The maximum atomic E-state index is 13.5. The zero-order valence-corrected chi connectivity index (χ0v) is 20.7. The molecule has 35 heavy (non-hydrogen) atoms. The van der Waals surface area contributed by atoms with Crippen molar-refractivity contribution in [1.82, 2.24) is 10.2 Å². The number of hydrogen-bond acceptors (Lipinski definition) is 7. The average Bonchev–Trinajstić information content (AvgIpc) is 3.37. The van der Waals surface area contributed by atoms with Crippen LogP contribution in [0, 0.1) is 5.41 Å². The second kappa shape index (κ2) is 11.9. The molecule has 2 aromatic rings. The molecule has 0 bridgehead atoms. The molecule has 1 aliphatic rings. The van der Waals surface area contributed by atoms with Crippen LogP contribution in [0.15, 0.2) is 36.4 Å². The summed E-state index contributed by atoms with van der Waals surface area (Å²) in [6.45, 7) is 0.143. The van der Waals surface area contributed by atoms with Crippen LogP contribution >= 0.6 is 11.6 Å². The van der Waals surface area contributed by atoms with Crippen molar-refractivity contribution in [2.24, 2.45) is 0 Å². The molecule has 0 radical (unpaired) electrons. The largest absolute Gasteiger partial charge is 0.497 e. The molecule has 1 fully saturated rings. The maximum Gasteiger partial charge on any atom is 0.243 e. The summed E-state index contributed by atoms with van der Waals surface area (Å²) in [5.74, 6) is -0.559. The van der Waals surface area contributed by atoms with E-state index in [1.54, 1.807) is 36.4 Å². The van der Waals surface area contributed by atoms with Gasteiger partial charge in [-0.15, -0.1) is 0 Å². The van der Waals surface area contributed by atoms with Crippen LogP contribution in [0.1, 0.15) is 35.4 Å². The molecule has 1 saturated heterocycles. The number of halogens is 1. The Morgan fingerprint density at radius 3 is 2.60 bits per heavy atom. The highest BCUT2D eigenvalue weighted by Gasteiger charge is 2.38. The van der Waals surface area contributed by atoms with E-state index in [4.69, 9.17) is 31.2 Å². The highest BCUT2D eigenvalue weighted by Crippen LogP contribution is 2.33. The minimum Gasteiger partial charge on any atom is -0.497 e. The Kier molecular flexibility index (Phi) is 8.95.